The molecule has 0 amide bonds. The van der Waals surface area contributed by atoms with Crippen molar-refractivity contribution in [3.05, 3.63) is 80.7 Å². The molecule has 0 saturated carbocycles. The maximum atomic E-state index is 13.4. The van der Waals surface area contributed by atoms with Crippen molar-refractivity contribution in [3.63, 3.8) is 0 Å². The van der Waals surface area contributed by atoms with E-state index >= 15 is 0 Å². The fourth-order valence-corrected chi connectivity index (χ4v) is 4.22. The van der Waals surface area contributed by atoms with Crippen molar-refractivity contribution in [1.82, 2.24) is 29.1 Å². The molecule has 3 N–H and O–H groups in total. The molecule has 1 unspecified atom stereocenters. The molecule has 4 rings (SSSR count). The molecule has 2 atom stereocenters. The molecule has 226 valence electrons. The molecule has 0 saturated heterocycles. The topological polar surface area (TPSA) is 117 Å². The number of nitrogens with two attached hydrogens (primary N) is 1. The number of rotatable bonds is 9. The van der Waals surface area contributed by atoms with Gasteiger partial charge < -0.3 is 10.8 Å². The Morgan fingerprint density at radius 3 is 2.24 bits per heavy atom. The summed E-state index contributed by atoms with van der Waals surface area (Å²) in [7, 11) is 0. The van der Waals surface area contributed by atoms with Crippen molar-refractivity contribution < 1.29 is 31.4 Å². The first-order valence-corrected chi connectivity index (χ1v) is 13.0. The number of alkyl halides is 6. The summed E-state index contributed by atoms with van der Waals surface area (Å²) in [6.45, 7) is -0.790. The van der Waals surface area contributed by atoms with E-state index < -0.39 is 49.2 Å². The SMILES string of the molecule is CC(N)(CCc1nc(Cn2nc(-c3ccc(Cl)cc3)n(C[C@H](O)C(F)(F)F)c2=O)nn1-c1ccccc1Cl)C(F)(F)F. The Morgan fingerprint density at radius 2 is 1.64 bits per heavy atom. The van der Waals surface area contributed by atoms with Gasteiger partial charge >= 0.3 is 18.0 Å². The first kappa shape index (κ1) is 31.5. The van der Waals surface area contributed by atoms with Gasteiger partial charge in [-0.15, -0.1) is 10.2 Å². The van der Waals surface area contributed by atoms with Crippen LogP contribution in [0.1, 0.15) is 25.0 Å². The van der Waals surface area contributed by atoms with Gasteiger partial charge in [0.05, 0.1) is 17.3 Å². The van der Waals surface area contributed by atoms with Gasteiger partial charge in [0.25, 0.3) is 0 Å². The highest BCUT2D eigenvalue weighted by atomic mass is 35.5. The van der Waals surface area contributed by atoms with Crippen molar-refractivity contribution >= 4 is 23.2 Å². The van der Waals surface area contributed by atoms with Gasteiger partial charge in [0.15, 0.2) is 17.8 Å². The Bertz CT molecular complexity index is 1610. The van der Waals surface area contributed by atoms with E-state index in [4.69, 9.17) is 28.9 Å². The number of aliphatic hydroxyl groups is 1. The number of aromatic nitrogens is 6. The predicted octanol–water partition coefficient (Wildman–Crippen LogP) is 4.78. The molecular formula is C25H23Cl2F6N7O2. The predicted molar refractivity (Wildman–Crippen MR) is 141 cm³/mol. The van der Waals surface area contributed by atoms with Gasteiger partial charge in [-0.1, -0.05) is 35.3 Å². The highest BCUT2D eigenvalue weighted by molar-refractivity contribution is 6.32. The number of aryl methyl sites for hydroxylation is 1. The lowest BCUT2D eigenvalue weighted by Crippen LogP contribution is -2.51. The van der Waals surface area contributed by atoms with E-state index in [1.165, 1.54) is 35.0 Å². The van der Waals surface area contributed by atoms with E-state index in [0.29, 0.717) is 9.59 Å². The van der Waals surface area contributed by atoms with Crippen LogP contribution >= 0.6 is 23.2 Å². The molecule has 17 heteroatoms. The highest BCUT2D eigenvalue weighted by Gasteiger charge is 2.47. The van der Waals surface area contributed by atoms with Crippen molar-refractivity contribution in [2.24, 2.45) is 5.73 Å². The fourth-order valence-electron chi connectivity index (χ4n) is 3.88. The zero-order valence-corrected chi connectivity index (χ0v) is 23.2. The minimum atomic E-state index is -5.02. The molecular weight excluding hydrogens is 615 g/mol. The van der Waals surface area contributed by atoms with Gasteiger partial charge in [-0.25, -0.2) is 19.1 Å². The number of halogens is 8. The lowest BCUT2D eigenvalue weighted by Gasteiger charge is -2.27. The van der Waals surface area contributed by atoms with E-state index in [0.717, 1.165) is 11.6 Å². The van der Waals surface area contributed by atoms with Gasteiger partial charge in [0, 0.05) is 17.0 Å². The van der Waals surface area contributed by atoms with Crippen LogP contribution in [0.3, 0.4) is 0 Å². The van der Waals surface area contributed by atoms with Crippen LogP contribution < -0.4 is 11.4 Å². The number of para-hydroxylation sites is 1. The molecule has 0 aliphatic rings. The monoisotopic (exact) mass is 637 g/mol. The van der Waals surface area contributed by atoms with Crippen LogP contribution in [0, 0.1) is 0 Å². The van der Waals surface area contributed by atoms with Crippen LogP contribution in [-0.2, 0) is 19.5 Å². The molecule has 0 aliphatic carbocycles. The zero-order valence-electron chi connectivity index (χ0n) is 21.7. The van der Waals surface area contributed by atoms with Crippen molar-refractivity contribution in [3.8, 4) is 17.1 Å². The highest BCUT2D eigenvalue weighted by Crippen LogP contribution is 2.32. The molecule has 0 aliphatic heterocycles. The minimum absolute atomic E-state index is 0.0388. The number of aliphatic hydroxyl groups excluding tert-OH is 1. The lowest BCUT2D eigenvalue weighted by atomic mass is 9.96. The van der Waals surface area contributed by atoms with Crippen LogP contribution in [0.5, 0.6) is 0 Å². The first-order valence-electron chi connectivity index (χ1n) is 12.2. The van der Waals surface area contributed by atoms with Crippen LogP contribution in [0.2, 0.25) is 10.0 Å². The maximum absolute atomic E-state index is 13.4. The Kier molecular flexibility index (Phi) is 8.79. The summed E-state index contributed by atoms with van der Waals surface area (Å²) >= 11 is 12.2. The van der Waals surface area contributed by atoms with Crippen molar-refractivity contribution in [1.29, 1.82) is 0 Å². The molecule has 2 heterocycles. The Labute approximate surface area is 244 Å². The van der Waals surface area contributed by atoms with E-state index in [-0.39, 0.29) is 40.2 Å². The first-order chi connectivity index (χ1) is 19.5. The molecule has 0 fully saturated rings. The van der Waals surface area contributed by atoms with Gasteiger partial charge in [-0.2, -0.15) is 26.3 Å². The molecule has 4 aromatic rings. The average molecular weight is 638 g/mol. The second kappa shape index (κ2) is 11.7. The molecule has 42 heavy (non-hydrogen) atoms. The molecule has 0 bridgehead atoms. The molecule has 0 radical (unpaired) electrons. The summed E-state index contributed by atoms with van der Waals surface area (Å²) in [5.74, 6) is -0.256. The zero-order chi connectivity index (χ0) is 31.0. The average Bonchev–Trinajstić information content (AvgIpc) is 3.43. The standard InChI is InChI=1S/C25H23Cl2F6N7O2/c1-23(34,25(31,32)33)11-10-20-35-19(36-40(20)17-5-3-2-4-16(17)27)13-39-22(42)38(12-18(41)24(28,29)30)21(37-39)14-6-8-15(26)9-7-14/h2-9,18,41H,10-13,34H2,1H3/t18-,23?/m0/s1. The third kappa shape index (κ3) is 6.80. The second-order valence-corrected chi connectivity index (χ2v) is 10.5. The Morgan fingerprint density at radius 1 is 1.00 bits per heavy atom. The number of hydrogen-bond donors (Lipinski definition) is 2. The third-order valence-corrected chi connectivity index (χ3v) is 6.94. The summed E-state index contributed by atoms with van der Waals surface area (Å²) in [5.41, 5.74) is 2.43. The molecule has 0 spiro atoms. The molecule has 9 nitrogen and oxygen atoms in total. The van der Waals surface area contributed by atoms with Gasteiger partial charge in [0.1, 0.15) is 17.9 Å². The largest absolute Gasteiger partial charge is 0.416 e. The van der Waals surface area contributed by atoms with Gasteiger partial charge in [-0.05, 0) is 49.7 Å². The molecule has 2 aromatic heterocycles. The third-order valence-electron chi connectivity index (χ3n) is 6.36. The number of nitrogens with zero attached hydrogens (tertiary/aromatic N) is 6. The normalized spacial score (nSPS) is 14.6. The Hall–Kier alpha value is -3.40. The fraction of sp³-hybridized carbons (Fsp3) is 0.360. The van der Waals surface area contributed by atoms with Crippen molar-refractivity contribution in [2.45, 2.75) is 56.9 Å². The van der Waals surface area contributed by atoms with Gasteiger partial charge in [0.2, 0.25) is 0 Å². The quantitative estimate of drug-likeness (QED) is 0.255. The molecule has 2 aromatic carbocycles. The van der Waals surface area contributed by atoms with E-state index in [1.54, 1.807) is 18.2 Å². The smallest absolute Gasteiger partial charge is 0.382 e. The number of benzene rings is 2. The minimum Gasteiger partial charge on any atom is -0.382 e. The van der Waals surface area contributed by atoms with E-state index in [2.05, 4.69) is 15.2 Å². The van der Waals surface area contributed by atoms with Gasteiger partial charge in [-0.3, -0.25) is 4.57 Å². The Balaban J connectivity index is 1.76. The van der Waals surface area contributed by atoms with E-state index in [1.807, 2.05) is 0 Å². The summed E-state index contributed by atoms with van der Waals surface area (Å²) in [6.07, 6.45) is -13.4. The lowest BCUT2D eigenvalue weighted by molar-refractivity contribution is -0.207. The van der Waals surface area contributed by atoms with E-state index in [9.17, 15) is 36.2 Å². The van der Waals surface area contributed by atoms with Crippen LogP contribution in [-0.4, -0.2) is 58.2 Å². The van der Waals surface area contributed by atoms with Crippen LogP contribution in [0.15, 0.2) is 53.3 Å². The summed E-state index contributed by atoms with van der Waals surface area (Å²) in [5, 5.41) is 18.7. The van der Waals surface area contributed by atoms with Crippen LogP contribution in [0.4, 0.5) is 26.3 Å². The maximum Gasteiger partial charge on any atom is 0.416 e. The number of hydrogen-bond acceptors (Lipinski definition) is 6. The van der Waals surface area contributed by atoms with Crippen LogP contribution in [0.25, 0.3) is 17.1 Å². The van der Waals surface area contributed by atoms with Crippen molar-refractivity contribution in [2.75, 3.05) is 0 Å². The summed E-state index contributed by atoms with van der Waals surface area (Å²) in [6, 6.07) is 12.1. The summed E-state index contributed by atoms with van der Waals surface area (Å²) < 4.78 is 82.3. The summed E-state index contributed by atoms with van der Waals surface area (Å²) in [4.78, 5) is 17.5. The second-order valence-electron chi connectivity index (χ2n) is 9.66.